The molecular weight excluding hydrogens is 162 g/mol. The maximum atomic E-state index is 13.0. The molecule has 1 aliphatic heterocycles. The Morgan fingerprint density at radius 2 is 2.08 bits per heavy atom. The van der Waals surface area contributed by atoms with Crippen LogP contribution in [0.15, 0.2) is 12.1 Å². The minimum absolute atomic E-state index is 0.360. The second kappa shape index (κ2) is 2.73. The minimum atomic E-state index is -0.576. The van der Waals surface area contributed by atoms with Crippen molar-refractivity contribution in [3.05, 3.63) is 29.3 Å². The molecule has 0 N–H and O–H groups in total. The molecule has 0 radical (unpaired) electrons. The summed E-state index contributed by atoms with van der Waals surface area (Å²) in [4.78, 5) is 0. The lowest BCUT2D eigenvalue weighted by Gasteiger charge is -2.17. The third-order valence-corrected chi connectivity index (χ3v) is 1.95. The van der Waals surface area contributed by atoms with Crippen molar-refractivity contribution in [3.63, 3.8) is 0 Å². The Hall–Kier alpha value is -1.12. The van der Waals surface area contributed by atoms with Crippen LogP contribution in [0.3, 0.4) is 0 Å². The molecule has 0 spiro atoms. The summed E-state index contributed by atoms with van der Waals surface area (Å²) in [5.74, 6) is -0.711. The lowest BCUT2D eigenvalue weighted by molar-refractivity contribution is 0.282. The zero-order valence-corrected chi connectivity index (χ0v) is 6.44. The number of ether oxygens (including phenoxy) is 1. The fourth-order valence-corrected chi connectivity index (χ4v) is 1.38. The van der Waals surface area contributed by atoms with Gasteiger partial charge >= 0.3 is 0 Å². The highest BCUT2D eigenvalue weighted by Gasteiger charge is 2.15. The fraction of sp³-hybridized carbons (Fsp3) is 0.333. The summed E-state index contributed by atoms with van der Waals surface area (Å²) in [6.45, 7) is 0.551. The number of rotatable bonds is 0. The number of fused-ring (bicyclic) bond motifs is 1. The van der Waals surface area contributed by atoms with Crippen LogP contribution in [0.2, 0.25) is 0 Å². The van der Waals surface area contributed by atoms with E-state index in [2.05, 4.69) is 0 Å². The maximum absolute atomic E-state index is 13.0. The second-order valence-electron chi connectivity index (χ2n) is 2.82. The zero-order chi connectivity index (χ0) is 8.55. The molecule has 0 atom stereocenters. The largest absolute Gasteiger partial charge is 0.493 e. The highest BCUT2D eigenvalue weighted by Crippen LogP contribution is 2.27. The van der Waals surface area contributed by atoms with Crippen molar-refractivity contribution < 1.29 is 13.5 Å². The Kier molecular flexibility index (Phi) is 1.71. The normalized spacial score (nSPS) is 15.2. The second-order valence-corrected chi connectivity index (χ2v) is 2.82. The van der Waals surface area contributed by atoms with Gasteiger partial charge in [0.25, 0.3) is 0 Å². The summed E-state index contributed by atoms with van der Waals surface area (Å²) in [5, 5.41) is 0. The van der Waals surface area contributed by atoms with E-state index in [1.165, 1.54) is 6.07 Å². The van der Waals surface area contributed by atoms with Gasteiger partial charge in [-0.3, -0.25) is 0 Å². The highest BCUT2D eigenvalue weighted by atomic mass is 19.1. The molecule has 0 bridgehead atoms. The first-order valence-electron chi connectivity index (χ1n) is 3.88. The predicted molar refractivity (Wildman–Crippen MR) is 40.2 cm³/mol. The van der Waals surface area contributed by atoms with E-state index in [1.54, 1.807) is 0 Å². The Labute approximate surface area is 69.0 Å². The van der Waals surface area contributed by atoms with Crippen molar-refractivity contribution in [2.24, 2.45) is 0 Å². The standard InChI is InChI=1S/C9H8F2O/c10-6-4-8(11)7-2-1-3-12-9(7)5-6/h4-5H,1-3H2. The predicted octanol–water partition coefficient (Wildman–Crippen LogP) is 2.29. The van der Waals surface area contributed by atoms with E-state index >= 15 is 0 Å². The van der Waals surface area contributed by atoms with Gasteiger partial charge in [-0.1, -0.05) is 0 Å². The summed E-state index contributed by atoms with van der Waals surface area (Å²) in [7, 11) is 0. The Balaban J connectivity index is 2.53. The highest BCUT2D eigenvalue weighted by molar-refractivity contribution is 5.36. The van der Waals surface area contributed by atoms with E-state index < -0.39 is 11.6 Å². The van der Waals surface area contributed by atoms with Gasteiger partial charge in [0.05, 0.1) is 6.61 Å². The number of hydrogen-bond donors (Lipinski definition) is 0. The average Bonchev–Trinajstić information content (AvgIpc) is 2.04. The zero-order valence-electron chi connectivity index (χ0n) is 6.44. The van der Waals surface area contributed by atoms with E-state index in [1.807, 2.05) is 0 Å². The molecule has 12 heavy (non-hydrogen) atoms. The molecule has 1 nitrogen and oxygen atoms in total. The van der Waals surface area contributed by atoms with Gasteiger partial charge in [0.2, 0.25) is 0 Å². The molecule has 0 aromatic heterocycles. The Morgan fingerprint density at radius 1 is 1.25 bits per heavy atom. The molecule has 0 amide bonds. The average molecular weight is 170 g/mol. The summed E-state index contributed by atoms with van der Waals surface area (Å²) in [6.07, 6.45) is 1.44. The van der Waals surface area contributed by atoms with Crippen LogP contribution in [-0.2, 0) is 6.42 Å². The molecular formula is C9H8F2O. The number of hydrogen-bond acceptors (Lipinski definition) is 1. The van der Waals surface area contributed by atoms with Crippen molar-refractivity contribution in [3.8, 4) is 5.75 Å². The van der Waals surface area contributed by atoms with Gasteiger partial charge in [0.15, 0.2) is 0 Å². The van der Waals surface area contributed by atoms with Gasteiger partial charge in [0.1, 0.15) is 17.4 Å². The molecule has 0 unspecified atom stereocenters. The van der Waals surface area contributed by atoms with Gasteiger partial charge in [-0.2, -0.15) is 0 Å². The van der Waals surface area contributed by atoms with Crippen LogP contribution < -0.4 is 4.74 Å². The van der Waals surface area contributed by atoms with E-state index in [-0.39, 0.29) is 0 Å². The van der Waals surface area contributed by atoms with Crippen molar-refractivity contribution in [2.75, 3.05) is 6.61 Å². The van der Waals surface area contributed by atoms with Crippen LogP contribution in [0.5, 0.6) is 5.75 Å². The molecule has 64 valence electrons. The fourth-order valence-electron chi connectivity index (χ4n) is 1.38. The molecule has 0 saturated heterocycles. The van der Waals surface area contributed by atoms with Crippen molar-refractivity contribution >= 4 is 0 Å². The van der Waals surface area contributed by atoms with E-state index in [9.17, 15) is 8.78 Å². The first-order valence-corrected chi connectivity index (χ1v) is 3.88. The van der Waals surface area contributed by atoms with Crippen LogP contribution in [0.25, 0.3) is 0 Å². The van der Waals surface area contributed by atoms with Crippen LogP contribution in [0.4, 0.5) is 8.78 Å². The van der Waals surface area contributed by atoms with Crippen molar-refractivity contribution in [1.82, 2.24) is 0 Å². The lowest BCUT2D eigenvalue weighted by Crippen LogP contribution is -2.10. The third-order valence-electron chi connectivity index (χ3n) is 1.95. The molecule has 3 heteroatoms. The van der Waals surface area contributed by atoms with E-state index in [4.69, 9.17) is 4.74 Å². The molecule has 0 aliphatic carbocycles. The molecule has 1 aliphatic rings. The van der Waals surface area contributed by atoms with Gasteiger partial charge < -0.3 is 4.74 Å². The molecule has 2 rings (SSSR count). The summed E-state index contributed by atoms with van der Waals surface area (Å²) >= 11 is 0. The van der Waals surface area contributed by atoms with Gasteiger partial charge in [-0.25, -0.2) is 8.78 Å². The summed E-state index contributed by atoms with van der Waals surface area (Å²) in [6, 6.07) is 2.13. The quantitative estimate of drug-likeness (QED) is 0.580. The number of benzene rings is 1. The minimum Gasteiger partial charge on any atom is -0.493 e. The van der Waals surface area contributed by atoms with Crippen LogP contribution >= 0.6 is 0 Å². The smallest absolute Gasteiger partial charge is 0.133 e. The monoisotopic (exact) mass is 170 g/mol. The molecule has 1 aromatic carbocycles. The van der Waals surface area contributed by atoms with Crippen LogP contribution in [0.1, 0.15) is 12.0 Å². The SMILES string of the molecule is Fc1cc(F)c2c(c1)OCCC2. The van der Waals surface area contributed by atoms with E-state index in [0.29, 0.717) is 24.3 Å². The molecule has 1 aromatic rings. The van der Waals surface area contributed by atoms with Gasteiger partial charge in [-0.05, 0) is 12.8 Å². The van der Waals surface area contributed by atoms with Gasteiger partial charge in [0, 0.05) is 17.7 Å². The topological polar surface area (TPSA) is 9.23 Å². The molecule has 0 fully saturated rings. The first kappa shape index (κ1) is 7.53. The van der Waals surface area contributed by atoms with Gasteiger partial charge in [-0.15, -0.1) is 0 Å². The van der Waals surface area contributed by atoms with E-state index in [0.717, 1.165) is 12.5 Å². The van der Waals surface area contributed by atoms with Crippen LogP contribution in [-0.4, -0.2) is 6.61 Å². The summed E-state index contributed by atoms with van der Waals surface area (Å²) in [5.41, 5.74) is 0.502. The Bertz CT molecular complexity index is 310. The molecule has 1 heterocycles. The Morgan fingerprint density at radius 3 is 2.92 bits per heavy atom. The molecule has 0 saturated carbocycles. The number of halogens is 2. The summed E-state index contributed by atoms with van der Waals surface area (Å²) < 4.78 is 30.8. The maximum Gasteiger partial charge on any atom is 0.133 e. The first-order chi connectivity index (χ1) is 5.77. The third kappa shape index (κ3) is 1.15. The van der Waals surface area contributed by atoms with Crippen LogP contribution in [0, 0.1) is 11.6 Å². The lowest BCUT2D eigenvalue weighted by atomic mass is 10.1. The van der Waals surface area contributed by atoms with Crippen molar-refractivity contribution in [2.45, 2.75) is 12.8 Å². The van der Waals surface area contributed by atoms with Crippen molar-refractivity contribution in [1.29, 1.82) is 0 Å².